The highest BCUT2D eigenvalue weighted by molar-refractivity contribution is 7.16. The van der Waals surface area contributed by atoms with E-state index in [0.717, 1.165) is 28.7 Å². The summed E-state index contributed by atoms with van der Waals surface area (Å²) in [5, 5.41) is 3.21. The number of nitrogens with zero attached hydrogens (tertiary/aromatic N) is 1. The van der Waals surface area contributed by atoms with Gasteiger partial charge in [0.15, 0.2) is 0 Å². The molecule has 1 N–H and O–H groups in total. The van der Waals surface area contributed by atoms with Crippen LogP contribution in [0.1, 0.15) is 11.3 Å². The van der Waals surface area contributed by atoms with Gasteiger partial charge in [-0.2, -0.15) is 0 Å². The fraction of sp³-hybridized carbons (Fsp3) is 0.545. The molecule has 1 atom stereocenters. The zero-order chi connectivity index (χ0) is 11.5. The Hall–Kier alpha value is -0.580. The van der Waals surface area contributed by atoms with Crippen LogP contribution in [-0.4, -0.2) is 30.9 Å². The van der Waals surface area contributed by atoms with E-state index in [9.17, 15) is 4.79 Å². The molecule has 5 heteroatoms. The van der Waals surface area contributed by atoms with Gasteiger partial charge in [0.1, 0.15) is 0 Å². The Kier molecular flexibility index (Phi) is 3.84. The average Bonchev–Trinajstić information content (AvgIpc) is 2.88. The van der Waals surface area contributed by atoms with Crippen LogP contribution in [0.2, 0.25) is 4.34 Å². The van der Waals surface area contributed by atoms with Crippen LogP contribution >= 0.6 is 22.9 Å². The van der Waals surface area contributed by atoms with Crippen LogP contribution in [0.5, 0.6) is 0 Å². The van der Waals surface area contributed by atoms with E-state index in [-0.39, 0.29) is 11.8 Å². The van der Waals surface area contributed by atoms with Crippen LogP contribution in [0.3, 0.4) is 0 Å². The van der Waals surface area contributed by atoms with E-state index in [2.05, 4.69) is 5.32 Å². The largest absolute Gasteiger partial charge is 0.340 e. The van der Waals surface area contributed by atoms with Crippen molar-refractivity contribution < 1.29 is 4.79 Å². The van der Waals surface area contributed by atoms with Crippen LogP contribution in [0, 0.1) is 5.92 Å². The van der Waals surface area contributed by atoms with E-state index in [1.807, 2.05) is 19.2 Å². The number of thiophene rings is 1. The molecule has 1 aliphatic rings. The third-order valence-corrected chi connectivity index (χ3v) is 4.02. The first-order valence-electron chi connectivity index (χ1n) is 5.36. The Balaban J connectivity index is 1.91. The Morgan fingerprint density at radius 3 is 3.06 bits per heavy atom. The van der Waals surface area contributed by atoms with Crippen LogP contribution in [-0.2, 0) is 11.3 Å². The Labute approximate surface area is 104 Å². The van der Waals surface area contributed by atoms with Gasteiger partial charge >= 0.3 is 0 Å². The first-order valence-corrected chi connectivity index (χ1v) is 6.56. The number of rotatable bonds is 3. The first kappa shape index (κ1) is 11.9. The van der Waals surface area contributed by atoms with Crippen molar-refractivity contribution in [2.24, 2.45) is 5.92 Å². The van der Waals surface area contributed by atoms with Crippen molar-refractivity contribution in [2.45, 2.75) is 13.0 Å². The minimum atomic E-state index is 0.153. The van der Waals surface area contributed by atoms with Gasteiger partial charge in [0.05, 0.1) is 16.8 Å². The summed E-state index contributed by atoms with van der Waals surface area (Å²) in [6.07, 6.45) is 0.953. The predicted octanol–water partition coefficient (Wildman–Crippen LogP) is 1.97. The number of carbonyl (C=O) groups excluding carboxylic acids is 1. The van der Waals surface area contributed by atoms with Crippen LogP contribution in [0.15, 0.2) is 12.1 Å². The van der Waals surface area contributed by atoms with Crippen molar-refractivity contribution in [3.8, 4) is 0 Å². The van der Waals surface area contributed by atoms with E-state index >= 15 is 0 Å². The second-order valence-corrected chi connectivity index (χ2v) is 5.89. The van der Waals surface area contributed by atoms with Gasteiger partial charge in [-0.05, 0) is 25.1 Å². The van der Waals surface area contributed by atoms with Crippen molar-refractivity contribution in [1.82, 2.24) is 10.2 Å². The number of nitrogens with one attached hydrogen (secondary N) is 1. The number of hydrogen-bond donors (Lipinski definition) is 1. The van der Waals surface area contributed by atoms with Crippen LogP contribution < -0.4 is 5.32 Å². The monoisotopic (exact) mass is 258 g/mol. The Morgan fingerprint density at radius 1 is 1.69 bits per heavy atom. The zero-order valence-electron chi connectivity index (χ0n) is 9.20. The highest BCUT2D eigenvalue weighted by Crippen LogP contribution is 2.23. The topological polar surface area (TPSA) is 32.3 Å². The standard InChI is InChI=1S/C11H15ClN2OS/c1-14(7-9-2-3-10(12)16-9)11(15)8-4-5-13-6-8/h2-3,8,13H,4-7H2,1H3. The molecule has 0 spiro atoms. The third kappa shape index (κ3) is 2.75. The first-order chi connectivity index (χ1) is 7.66. The summed E-state index contributed by atoms with van der Waals surface area (Å²) in [7, 11) is 1.86. The lowest BCUT2D eigenvalue weighted by molar-refractivity contribution is -0.134. The fourth-order valence-corrected chi connectivity index (χ4v) is 3.07. The average molecular weight is 259 g/mol. The summed E-state index contributed by atoms with van der Waals surface area (Å²) >= 11 is 7.39. The van der Waals surface area contributed by atoms with Gasteiger partial charge in [0, 0.05) is 18.5 Å². The van der Waals surface area contributed by atoms with E-state index in [1.165, 1.54) is 11.3 Å². The molecule has 88 valence electrons. The van der Waals surface area contributed by atoms with Crippen molar-refractivity contribution in [1.29, 1.82) is 0 Å². The maximum atomic E-state index is 12.0. The summed E-state index contributed by atoms with van der Waals surface area (Å²) in [5.41, 5.74) is 0. The molecule has 0 radical (unpaired) electrons. The summed E-state index contributed by atoms with van der Waals surface area (Å²) < 4.78 is 0.776. The molecule has 0 saturated carbocycles. The molecule has 0 aromatic carbocycles. The predicted molar refractivity (Wildman–Crippen MR) is 66.8 cm³/mol. The van der Waals surface area contributed by atoms with Gasteiger partial charge < -0.3 is 10.2 Å². The maximum Gasteiger partial charge on any atom is 0.227 e. The van der Waals surface area contributed by atoms with Crippen molar-refractivity contribution in [3.63, 3.8) is 0 Å². The van der Waals surface area contributed by atoms with Crippen LogP contribution in [0.25, 0.3) is 0 Å². The molecule has 0 aliphatic carbocycles. The second-order valence-electron chi connectivity index (χ2n) is 4.09. The summed E-state index contributed by atoms with van der Waals surface area (Å²) in [6.45, 7) is 2.43. The molecule has 1 aliphatic heterocycles. The molecular formula is C11H15ClN2OS. The highest BCUT2D eigenvalue weighted by Gasteiger charge is 2.25. The number of carbonyl (C=O) groups is 1. The smallest absolute Gasteiger partial charge is 0.227 e. The second kappa shape index (κ2) is 5.17. The number of hydrogen-bond acceptors (Lipinski definition) is 3. The number of amides is 1. The molecule has 1 unspecified atom stereocenters. The minimum absolute atomic E-state index is 0.153. The van der Waals surface area contributed by atoms with Crippen molar-refractivity contribution in [3.05, 3.63) is 21.3 Å². The molecule has 16 heavy (non-hydrogen) atoms. The number of halogens is 1. The lowest BCUT2D eigenvalue weighted by Gasteiger charge is -2.19. The molecule has 3 nitrogen and oxygen atoms in total. The molecule has 1 amide bonds. The lowest BCUT2D eigenvalue weighted by Crippen LogP contribution is -2.33. The van der Waals surface area contributed by atoms with Gasteiger partial charge in [-0.25, -0.2) is 0 Å². The maximum absolute atomic E-state index is 12.0. The van der Waals surface area contributed by atoms with Crippen LogP contribution in [0.4, 0.5) is 0 Å². The van der Waals surface area contributed by atoms with Gasteiger partial charge in [-0.3, -0.25) is 4.79 Å². The molecular weight excluding hydrogens is 244 g/mol. The van der Waals surface area contributed by atoms with Crippen molar-refractivity contribution in [2.75, 3.05) is 20.1 Å². The lowest BCUT2D eigenvalue weighted by atomic mass is 10.1. The normalized spacial score (nSPS) is 20.0. The zero-order valence-corrected chi connectivity index (χ0v) is 10.8. The Morgan fingerprint density at radius 2 is 2.50 bits per heavy atom. The molecule has 1 aromatic heterocycles. The molecule has 1 fully saturated rings. The highest BCUT2D eigenvalue weighted by atomic mass is 35.5. The molecule has 1 aromatic rings. The molecule has 1 saturated heterocycles. The summed E-state index contributed by atoms with van der Waals surface area (Å²) in [6, 6.07) is 3.85. The fourth-order valence-electron chi connectivity index (χ4n) is 1.93. The van der Waals surface area contributed by atoms with E-state index in [0.29, 0.717) is 6.54 Å². The Bertz CT molecular complexity index is 374. The van der Waals surface area contributed by atoms with Gasteiger partial charge in [-0.1, -0.05) is 11.6 Å². The SMILES string of the molecule is CN(Cc1ccc(Cl)s1)C(=O)C1CCNC1. The summed E-state index contributed by atoms with van der Waals surface area (Å²) in [5.74, 6) is 0.384. The molecule has 0 bridgehead atoms. The van der Waals surface area contributed by atoms with Gasteiger partial charge in [-0.15, -0.1) is 11.3 Å². The summed E-state index contributed by atoms with van der Waals surface area (Å²) in [4.78, 5) is 14.9. The van der Waals surface area contributed by atoms with Gasteiger partial charge in [0.25, 0.3) is 0 Å². The van der Waals surface area contributed by atoms with Gasteiger partial charge in [0.2, 0.25) is 5.91 Å². The third-order valence-electron chi connectivity index (χ3n) is 2.81. The quantitative estimate of drug-likeness (QED) is 0.899. The molecule has 2 heterocycles. The van der Waals surface area contributed by atoms with E-state index in [4.69, 9.17) is 11.6 Å². The minimum Gasteiger partial charge on any atom is -0.340 e. The molecule has 2 rings (SSSR count). The van der Waals surface area contributed by atoms with Crippen molar-refractivity contribution >= 4 is 28.8 Å². The van der Waals surface area contributed by atoms with E-state index < -0.39 is 0 Å². The van der Waals surface area contributed by atoms with E-state index in [1.54, 1.807) is 4.90 Å².